The van der Waals surface area contributed by atoms with Gasteiger partial charge in [0.25, 0.3) is 0 Å². The van der Waals surface area contributed by atoms with Crippen molar-refractivity contribution in [3.05, 3.63) is 29.8 Å². The number of hydrogen-bond donors (Lipinski definition) is 1. The van der Waals surface area contributed by atoms with E-state index in [0.717, 1.165) is 12.2 Å². The predicted octanol–water partition coefficient (Wildman–Crippen LogP) is 1.81. The molecule has 0 radical (unpaired) electrons. The van der Waals surface area contributed by atoms with E-state index in [0.29, 0.717) is 18.6 Å². The Hall–Kier alpha value is -1.39. The highest BCUT2D eigenvalue weighted by molar-refractivity contribution is 5.96. The maximum atomic E-state index is 12.0. The lowest BCUT2D eigenvalue weighted by Crippen LogP contribution is -2.35. The summed E-state index contributed by atoms with van der Waals surface area (Å²) < 4.78 is 10.5. The number of benzene rings is 1. The lowest BCUT2D eigenvalue weighted by molar-refractivity contribution is -0.0724. The van der Waals surface area contributed by atoms with Gasteiger partial charge in [0.15, 0.2) is 5.78 Å². The molecule has 1 heterocycles. The summed E-state index contributed by atoms with van der Waals surface area (Å²) in [5.74, 6) is 0.712. The maximum Gasteiger partial charge on any atom is 0.165 e. The summed E-state index contributed by atoms with van der Waals surface area (Å²) in [5.41, 5.74) is 0.622. The van der Waals surface area contributed by atoms with Crippen LogP contribution in [0.15, 0.2) is 24.3 Å². The lowest BCUT2D eigenvalue weighted by Gasteiger charge is -2.27. The van der Waals surface area contributed by atoms with Gasteiger partial charge in [-0.2, -0.15) is 0 Å². The van der Waals surface area contributed by atoms with Crippen LogP contribution < -0.4 is 4.74 Å². The second-order valence-corrected chi connectivity index (χ2v) is 4.47. The van der Waals surface area contributed by atoms with Crippen LogP contribution in [-0.2, 0) is 4.74 Å². The topological polar surface area (TPSA) is 55.8 Å². The zero-order valence-electron chi connectivity index (χ0n) is 10.5. The first-order valence-electron chi connectivity index (χ1n) is 6.17. The van der Waals surface area contributed by atoms with E-state index in [4.69, 9.17) is 9.47 Å². The number of carbonyl (C=O) groups excluding carboxylic acids is 1. The zero-order valence-corrected chi connectivity index (χ0v) is 10.5. The third kappa shape index (κ3) is 3.09. The number of hydrogen-bond acceptors (Lipinski definition) is 4. The molecule has 1 aromatic rings. The summed E-state index contributed by atoms with van der Waals surface area (Å²) in [4.78, 5) is 12.0. The van der Waals surface area contributed by atoms with Crippen molar-refractivity contribution in [1.82, 2.24) is 0 Å². The summed E-state index contributed by atoms with van der Waals surface area (Å²) in [7, 11) is 1.59. The Bertz CT molecular complexity index is 399. The second kappa shape index (κ2) is 5.98. The van der Waals surface area contributed by atoms with Gasteiger partial charge in [-0.15, -0.1) is 0 Å². The number of Topliss-reactive ketones (excluding diaryl/α,β-unsaturated/α-hetero) is 1. The summed E-state index contributed by atoms with van der Waals surface area (Å²) >= 11 is 0. The number of rotatable bonds is 4. The molecule has 4 heteroatoms. The van der Waals surface area contributed by atoms with Crippen molar-refractivity contribution in [3.8, 4) is 5.75 Å². The lowest BCUT2D eigenvalue weighted by atomic mass is 9.98. The van der Waals surface area contributed by atoms with Crippen molar-refractivity contribution in [2.75, 3.05) is 13.7 Å². The normalized spacial score (nSPS) is 23.7. The molecule has 0 saturated carbocycles. The minimum Gasteiger partial charge on any atom is -0.497 e. The minimum atomic E-state index is -0.527. The minimum absolute atomic E-state index is 0.0106. The number of ketones is 1. The van der Waals surface area contributed by atoms with E-state index < -0.39 is 6.10 Å². The van der Waals surface area contributed by atoms with E-state index in [1.165, 1.54) is 0 Å². The molecule has 2 atom stereocenters. The highest BCUT2D eigenvalue weighted by Crippen LogP contribution is 2.20. The SMILES string of the molecule is COc1ccc(C(=O)C[C@@H]2OCCC[C@@H]2O)cc1. The Morgan fingerprint density at radius 3 is 2.78 bits per heavy atom. The van der Waals surface area contributed by atoms with Gasteiger partial charge < -0.3 is 14.6 Å². The van der Waals surface area contributed by atoms with Crippen molar-refractivity contribution in [2.24, 2.45) is 0 Å². The fraction of sp³-hybridized carbons (Fsp3) is 0.500. The average Bonchev–Trinajstić information content (AvgIpc) is 2.41. The molecule has 4 nitrogen and oxygen atoms in total. The maximum absolute atomic E-state index is 12.0. The van der Waals surface area contributed by atoms with E-state index in [9.17, 15) is 9.90 Å². The summed E-state index contributed by atoms with van der Waals surface area (Å²) in [6.07, 6.45) is 0.900. The number of ether oxygens (including phenoxy) is 2. The van der Waals surface area contributed by atoms with Gasteiger partial charge in [-0.3, -0.25) is 4.79 Å². The first kappa shape index (κ1) is 13.1. The number of aliphatic hydroxyl groups excluding tert-OH is 1. The molecule has 0 bridgehead atoms. The first-order valence-corrected chi connectivity index (χ1v) is 6.17. The molecule has 98 valence electrons. The van der Waals surface area contributed by atoms with Crippen LogP contribution in [-0.4, -0.2) is 36.8 Å². The van der Waals surface area contributed by atoms with E-state index in [1.807, 2.05) is 0 Å². The number of aliphatic hydroxyl groups is 1. The van der Waals surface area contributed by atoms with Crippen LogP contribution in [0.25, 0.3) is 0 Å². The Morgan fingerprint density at radius 1 is 1.44 bits per heavy atom. The Labute approximate surface area is 107 Å². The van der Waals surface area contributed by atoms with Crippen molar-refractivity contribution in [1.29, 1.82) is 0 Å². The summed E-state index contributed by atoms with van der Waals surface area (Å²) in [6, 6.07) is 6.98. The highest BCUT2D eigenvalue weighted by Gasteiger charge is 2.26. The van der Waals surface area contributed by atoms with Crippen LogP contribution in [0.2, 0.25) is 0 Å². The summed E-state index contributed by atoms with van der Waals surface area (Å²) in [6.45, 7) is 0.623. The average molecular weight is 250 g/mol. The monoisotopic (exact) mass is 250 g/mol. The third-order valence-electron chi connectivity index (χ3n) is 3.20. The van der Waals surface area contributed by atoms with Crippen molar-refractivity contribution in [2.45, 2.75) is 31.5 Å². The van der Waals surface area contributed by atoms with Gasteiger partial charge in [0.1, 0.15) is 5.75 Å². The molecule has 0 aliphatic carbocycles. The van der Waals surface area contributed by atoms with Crippen LogP contribution in [0.3, 0.4) is 0 Å². The largest absolute Gasteiger partial charge is 0.497 e. The molecular formula is C14H18O4. The standard InChI is InChI=1S/C14H18O4/c1-17-11-6-4-10(5-7-11)13(16)9-14-12(15)3-2-8-18-14/h4-7,12,14-15H,2-3,8-9H2,1H3/t12-,14-/m0/s1. The molecule has 1 fully saturated rings. The first-order chi connectivity index (χ1) is 8.70. The number of carbonyl (C=O) groups is 1. The fourth-order valence-corrected chi connectivity index (χ4v) is 2.10. The van der Waals surface area contributed by atoms with Crippen LogP contribution in [0.1, 0.15) is 29.6 Å². The van der Waals surface area contributed by atoms with E-state index in [-0.39, 0.29) is 18.3 Å². The highest BCUT2D eigenvalue weighted by atomic mass is 16.5. The van der Waals surface area contributed by atoms with Gasteiger partial charge in [0.2, 0.25) is 0 Å². The fourth-order valence-electron chi connectivity index (χ4n) is 2.10. The third-order valence-corrected chi connectivity index (χ3v) is 3.20. The van der Waals surface area contributed by atoms with Crippen molar-refractivity contribution in [3.63, 3.8) is 0 Å². The molecule has 1 aliphatic heterocycles. The van der Waals surface area contributed by atoms with E-state index >= 15 is 0 Å². The van der Waals surface area contributed by atoms with Crippen LogP contribution in [0.5, 0.6) is 5.75 Å². The smallest absolute Gasteiger partial charge is 0.165 e. The molecule has 0 spiro atoms. The Kier molecular flexibility index (Phi) is 4.33. The van der Waals surface area contributed by atoms with Gasteiger partial charge >= 0.3 is 0 Å². The number of methoxy groups -OCH3 is 1. The molecule has 18 heavy (non-hydrogen) atoms. The molecule has 0 unspecified atom stereocenters. The molecular weight excluding hydrogens is 232 g/mol. The van der Waals surface area contributed by atoms with Crippen molar-refractivity contribution >= 4 is 5.78 Å². The zero-order chi connectivity index (χ0) is 13.0. The second-order valence-electron chi connectivity index (χ2n) is 4.47. The van der Waals surface area contributed by atoms with Gasteiger partial charge in [0.05, 0.1) is 19.3 Å². The molecule has 1 aliphatic rings. The molecule has 1 aromatic carbocycles. The Morgan fingerprint density at radius 2 is 2.17 bits per heavy atom. The van der Waals surface area contributed by atoms with Gasteiger partial charge in [0, 0.05) is 18.6 Å². The predicted molar refractivity (Wildman–Crippen MR) is 66.9 cm³/mol. The molecule has 1 saturated heterocycles. The molecule has 2 rings (SSSR count). The van der Waals surface area contributed by atoms with Crippen LogP contribution in [0.4, 0.5) is 0 Å². The Balaban J connectivity index is 1.97. The van der Waals surface area contributed by atoms with E-state index in [1.54, 1.807) is 31.4 Å². The summed E-state index contributed by atoms with van der Waals surface area (Å²) in [5, 5.41) is 9.75. The molecule has 1 N–H and O–H groups in total. The van der Waals surface area contributed by atoms with Crippen molar-refractivity contribution < 1.29 is 19.4 Å². The quantitative estimate of drug-likeness (QED) is 0.828. The van der Waals surface area contributed by atoms with Gasteiger partial charge in [-0.25, -0.2) is 0 Å². The molecule has 0 aromatic heterocycles. The van der Waals surface area contributed by atoms with E-state index in [2.05, 4.69) is 0 Å². The van der Waals surface area contributed by atoms with Gasteiger partial charge in [-0.05, 0) is 37.1 Å². The van der Waals surface area contributed by atoms with Crippen LogP contribution in [0, 0.1) is 0 Å². The van der Waals surface area contributed by atoms with Gasteiger partial charge in [-0.1, -0.05) is 0 Å². The molecule has 0 amide bonds. The van der Waals surface area contributed by atoms with Crippen LogP contribution >= 0.6 is 0 Å².